The summed E-state index contributed by atoms with van der Waals surface area (Å²) in [6.45, 7) is 4.03. The molecular formula is C35H37N5O7. The van der Waals surface area contributed by atoms with Crippen molar-refractivity contribution in [2.45, 2.75) is 26.0 Å². The minimum absolute atomic E-state index is 0.109. The summed E-state index contributed by atoms with van der Waals surface area (Å²) in [6.07, 6.45) is -0.585. The Kier molecular flexibility index (Phi) is 9.03. The number of likely N-dealkylation sites (N-methyl/N-ethyl adjacent to an activating group) is 1. The molecule has 4 aromatic rings. The predicted molar refractivity (Wildman–Crippen MR) is 178 cm³/mol. The average molecular weight is 640 g/mol. The number of rotatable bonds is 7. The van der Waals surface area contributed by atoms with Gasteiger partial charge in [-0.3, -0.25) is 4.79 Å². The summed E-state index contributed by atoms with van der Waals surface area (Å²) in [5, 5.41) is 20.5. The molecule has 2 aliphatic rings. The maximum absolute atomic E-state index is 13.8. The number of carbonyl (C=O) groups excluding carboxylic acids is 3. The summed E-state index contributed by atoms with van der Waals surface area (Å²) in [5.41, 5.74) is 1.67. The number of aliphatic hydroxyl groups is 1. The van der Waals surface area contributed by atoms with Gasteiger partial charge in [0.05, 0.1) is 36.1 Å². The standard InChI is InChI=1S/C35H37N5O7/c1-21-17-40(22(2)19-41)33(42)26-11-7-13-28(37-34(43)36-24-14-15-29-30(16-24)46-20-45-29)32(26)47-31(21)18-39(3)35(44)38-27-12-6-9-23-8-4-5-10-25(23)27/h4-16,21-22,31,41H,17-20H2,1-3H3,(H,38,44)(H2,36,37,43)/t21-,22+,31+/m0/s1. The van der Waals surface area contributed by atoms with E-state index in [0.29, 0.717) is 22.9 Å². The third-order valence-corrected chi connectivity index (χ3v) is 8.40. The lowest BCUT2D eigenvalue weighted by molar-refractivity contribution is 0.0373. The van der Waals surface area contributed by atoms with Crippen molar-refractivity contribution < 1.29 is 33.7 Å². The maximum atomic E-state index is 13.8. The van der Waals surface area contributed by atoms with Crippen molar-refractivity contribution in [1.29, 1.82) is 0 Å². The van der Waals surface area contributed by atoms with Crippen LogP contribution in [-0.4, -0.2) is 78.6 Å². The Morgan fingerprint density at radius 2 is 1.70 bits per heavy atom. The monoisotopic (exact) mass is 639 g/mol. The number of hydrogen-bond acceptors (Lipinski definition) is 7. The Labute approximate surface area is 272 Å². The number of para-hydroxylation sites is 1. The smallest absolute Gasteiger partial charge is 0.323 e. The van der Waals surface area contributed by atoms with Crippen molar-refractivity contribution in [3.8, 4) is 17.2 Å². The van der Waals surface area contributed by atoms with Gasteiger partial charge >= 0.3 is 12.1 Å². The quantitative estimate of drug-likeness (QED) is 0.206. The van der Waals surface area contributed by atoms with E-state index in [-0.39, 0.29) is 61.3 Å². The van der Waals surface area contributed by atoms with Gasteiger partial charge in [0.15, 0.2) is 17.2 Å². The Hall–Kier alpha value is -5.49. The predicted octanol–water partition coefficient (Wildman–Crippen LogP) is 5.60. The number of aliphatic hydroxyl groups excluding tert-OH is 1. The molecule has 2 heterocycles. The van der Waals surface area contributed by atoms with E-state index in [4.69, 9.17) is 14.2 Å². The van der Waals surface area contributed by atoms with E-state index < -0.39 is 18.2 Å². The fraction of sp³-hybridized carbons (Fsp3) is 0.286. The molecule has 12 heteroatoms. The second kappa shape index (κ2) is 13.5. The highest BCUT2D eigenvalue weighted by molar-refractivity contribution is 6.05. The van der Waals surface area contributed by atoms with Gasteiger partial charge < -0.3 is 45.1 Å². The normalized spacial score (nSPS) is 17.5. The molecule has 0 aliphatic carbocycles. The molecule has 6 rings (SSSR count). The fourth-order valence-corrected chi connectivity index (χ4v) is 5.72. The van der Waals surface area contributed by atoms with Crippen LogP contribution >= 0.6 is 0 Å². The topological polar surface area (TPSA) is 142 Å². The molecule has 47 heavy (non-hydrogen) atoms. The Balaban J connectivity index is 1.25. The van der Waals surface area contributed by atoms with E-state index in [1.54, 1.807) is 55.3 Å². The zero-order chi connectivity index (χ0) is 33.1. The van der Waals surface area contributed by atoms with Crippen LogP contribution in [-0.2, 0) is 0 Å². The summed E-state index contributed by atoms with van der Waals surface area (Å²) in [6, 6.07) is 22.1. The minimum Gasteiger partial charge on any atom is -0.485 e. The molecule has 0 unspecified atom stereocenters. The summed E-state index contributed by atoms with van der Waals surface area (Å²) in [7, 11) is 1.68. The maximum Gasteiger partial charge on any atom is 0.323 e. The first-order chi connectivity index (χ1) is 22.7. The van der Waals surface area contributed by atoms with Gasteiger partial charge in [0.25, 0.3) is 5.91 Å². The molecule has 4 aromatic carbocycles. The van der Waals surface area contributed by atoms with Crippen molar-refractivity contribution in [1.82, 2.24) is 9.80 Å². The van der Waals surface area contributed by atoms with Gasteiger partial charge in [-0.25, -0.2) is 9.59 Å². The fourth-order valence-electron chi connectivity index (χ4n) is 5.72. The van der Waals surface area contributed by atoms with Gasteiger partial charge in [-0.1, -0.05) is 49.4 Å². The molecule has 12 nitrogen and oxygen atoms in total. The number of urea groups is 2. The van der Waals surface area contributed by atoms with Crippen LogP contribution in [0, 0.1) is 5.92 Å². The first kappa shape index (κ1) is 31.5. The van der Waals surface area contributed by atoms with Crippen LogP contribution in [0.15, 0.2) is 78.9 Å². The lowest BCUT2D eigenvalue weighted by atomic mass is 9.99. The third-order valence-electron chi connectivity index (χ3n) is 8.40. The highest BCUT2D eigenvalue weighted by Crippen LogP contribution is 2.36. The van der Waals surface area contributed by atoms with Crippen LogP contribution in [0.4, 0.5) is 26.7 Å². The van der Waals surface area contributed by atoms with Crippen molar-refractivity contribution in [2.24, 2.45) is 5.92 Å². The lowest BCUT2D eigenvalue weighted by Gasteiger charge is -2.38. The van der Waals surface area contributed by atoms with E-state index in [2.05, 4.69) is 16.0 Å². The molecule has 5 amide bonds. The number of fused-ring (bicyclic) bond motifs is 3. The van der Waals surface area contributed by atoms with Gasteiger partial charge in [-0.15, -0.1) is 0 Å². The van der Waals surface area contributed by atoms with Crippen molar-refractivity contribution in [3.63, 3.8) is 0 Å². The Bertz CT molecular complexity index is 1810. The van der Waals surface area contributed by atoms with Crippen molar-refractivity contribution >= 4 is 45.8 Å². The van der Waals surface area contributed by atoms with E-state index in [9.17, 15) is 19.5 Å². The van der Waals surface area contributed by atoms with E-state index in [1.807, 2.05) is 49.4 Å². The van der Waals surface area contributed by atoms with Crippen LogP contribution in [0.25, 0.3) is 10.8 Å². The minimum atomic E-state index is -0.585. The molecule has 3 atom stereocenters. The lowest BCUT2D eigenvalue weighted by Crippen LogP contribution is -2.50. The average Bonchev–Trinajstić information content (AvgIpc) is 3.54. The first-order valence-corrected chi connectivity index (χ1v) is 15.4. The molecular weight excluding hydrogens is 602 g/mol. The van der Waals surface area contributed by atoms with Crippen LogP contribution < -0.4 is 30.2 Å². The van der Waals surface area contributed by atoms with Crippen LogP contribution in [0.5, 0.6) is 17.2 Å². The summed E-state index contributed by atoms with van der Waals surface area (Å²) in [4.78, 5) is 43.6. The highest BCUT2D eigenvalue weighted by Gasteiger charge is 2.35. The van der Waals surface area contributed by atoms with E-state index in [1.165, 1.54) is 4.90 Å². The second-order valence-electron chi connectivity index (χ2n) is 11.8. The van der Waals surface area contributed by atoms with Crippen LogP contribution in [0.2, 0.25) is 0 Å². The summed E-state index contributed by atoms with van der Waals surface area (Å²) >= 11 is 0. The third kappa shape index (κ3) is 6.73. The molecule has 0 aromatic heterocycles. The number of nitrogens with one attached hydrogen (secondary N) is 3. The Morgan fingerprint density at radius 1 is 0.957 bits per heavy atom. The number of benzene rings is 4. The molecule has 0 spiro atoms. The molecule has 244 valence electrons. The molecule has 0 fully saturated rings. The highest BCUT2D eigenvalue weighted by atomic mass is 16.7. The number of carbonyl (C=O) groups is 3. The van der Waals surface area contributed by atoms with E-state index >= 15 is 0 Å². The van der Waals surface area contributed by atoms with Gasteiger partial charge in [-0.2, -0.15) is 0 Å². The largest absolute Gasteiger partial charge is 0.485 e. The van der Waals surface area contributed by atoms with E-state index in [0.717, 1.165) is 10.8 Å². The molecule has 4 N–H and O–H groups in total. The zero-order valence-electron chi connectivity index (χ0n) is 26.4. The van der Waals surface area contributed by atoms with Crippen molar-refractivity contribution in [2.75, 3.05) is 49.5 Å². The first-order valence-electron chi connectivity index (χ1n) is 15.4. The number of nitrogens with zero attached hydrogens (tertiary/aromatic N) is 2. The molecule has 0 bridgehead atoms. The summed E-state index contributed by atoms with van der Waals surface area (Å²) in [5.74, 6) is 0.682. The SMILES string of the molecule is C[C@H](CO)N1C[C@H](C)[C@@H](CN(C)C(=O)Nc2cccc3ccccc23)Oc2c(NC(=O)Nc3ccc4c(c3)OCO4)cccc2C1=O. The molecule has 2 aliphatic heterocycles. The zero-order valence-corrected chi connectivity index (χ0v) is 26.4. The summed E-state index contributed by atoms with van der Waals surface area (Å²) < 4.78 is 17.3. The molecule has 0 saturated heterocycles. The van der Waals surface area contributed by atoms with Crippen LogP contribution in [0.1, 0.15) is 24.2 Å². The Morgan fingerprint density at radius 3 is 2.53 bits per heavy atom. The molecule has 0 saturated carbocycles. The second-order valence-corrected chi connectivity index (χ2v) is 11.8. The number of anilines is 3. The number of ether oxygens (including phenoxy) is 3. The molecule has 0 radical (unpaired) electrons. The van der Waals surface area contributed by atoms with Gasteiger partial charge in [0.2, 0.25) is 6.79 Å². The number of hydrogen-bond donors (Lipinski definition) is 4. The van der Waals surface area contributed by atoms with Gasteiger partial charge in [0, 0.05) is 36.7 Å². The number of amides is 5. The van der Waals surface area contributed by atoms with Crippen LogP contribution in [0.3, 0.4) is 0 Å². The van der Waals surface area contributed by atoms with Gasteiger partial charge in [0.1, 0.15) is 6.10 Å². The van der Waals surface area contributed by atoms with Gasteiger partial charge in [-0.05, 0) is 42.6 Å². The van der Waals surface area contributed by atoms with Crippen molar-refractivity contribution in [3.05, 3.63) is 84.4 Å².